The molecule has 0 amide bonds. The average Bonchev–Trinajstić information content (AvgIpc) is 3.22. The molecular weight excluding hydrogens is 360 g/mol. The van der Waals surface area contributed by atoms with Gasteiger partial charge in [0, 0.05) is 6.61 Å². The first-order valence-electron chi connectivity index (χ1n) is 10.7. The highest BCUT2D eigenvalue weighted by molar-refractivity contribution is 7.89. The Morgan fingerprint density at radius 3 is 2.30 bits per heavy atom. The molecular formula is C21H33N2O3S+. The van der Waals surface area contributed by atoms with Crippen molar-refractivity contribution < 1.29 is 18.1 Å². The number of quaternary nitrogens is 1. The SMILES string of the molecule is O=S(=O)(c1ccc(C2CCCCC2)cc1)N1CC[NH+](C[C@H]2CCCO2)CC1. The molecule has 27 heavy (non-hydrogen) atoms. The van der Waals surface area contributed by atoms with Gasteiger partial charge in [0.15, 0.2) is 0 Å². The maximum atomic E-state index is 13.0. The number of benzene rings is 1. The minimum absolute atomic E-state index is 0.371. The lowest BCUT2D eigenvalue weighted by Crippen LogP contribution is -3.15. The zero-order valence-electron chi connectivity index (χ0n) is 16.2. The van der Waals surface area contributed by atoms with E-state index in [0.717, 1.165) is 39.1 Å². The monoisotopic (exact) mass is 393 g/mol. The van der Waals surface area contributed by atoms with E-state index in [1.165, 1.54) is 42.6 Å². The summed E-state index contributed by atoms with van der Waals surface area (Å²) in [5, 5.41) is 0. The molecule has 2 aliphatic heterocycles. The summed E-state index contributed by atoms with van der Waals surface area (Å²) in [5.74, 6) is 0.612. The van der Waals surface area contributed by atoms with Crippen molar-refractivity contribution in [2.75, 3.05) is 39.3 Å². The first-order valence-corrected chi connectivity index (χ1v) is 12.1. The molecule has 0 spiro atoms. The van der Waals surface area contributed by atoms with Gasteiger partial charge in [-0.15, -0.1) is 0 Å². The van der Waals surface area contributed by atoms with Crippen molar-refractivity contribution in [3.63, 3.8) is 0 Å². The van der Waals surface area contributed by atoms with Gasteiger partial charge in [0.1, 0.15) is 12.6 Å². The largest absolute Gasteiger partial charge is 0.372 e. The summed E-state index contributed by atoms with van der Waals surface area (Å²) in [7, 11) is -3.37. The van der Waals surface area contributed by atoms with Crippen LogP contribution in [0.15, 0.2) is 29.2 Å². The summed E-state index contributed by atoms with van der Waals surface area (Å²) in [5.41, 5.74) is 1.31. The molecule has 0 bridgehead atoms. The third kappa shape index (κ3) is 4.56. The molecule has 0 radical (unpaired) electrons. The van der Waals surface area contributed by atoms with Gasteiger partial charge in [-0.05, 0) is 49.3 Å². The quantitative estimate of drug-likeness (QED) is 0.830. The summed E-state index contributed by atoms with van der Waals surface area (Å²) in [4.78, 5) is 1.92. The number of nitrogens with one attached hydrogen (secondary N) is 1. The normalized spacial score (nSPS) is 26.4. The lowest BCUT2D eigenvalue weighted by atomic mass is 9.84. The minimum atomic E-state index is -3.37. The number of hydrogen-bond acceptors (Lipinski definition) is 3. The van der Waals surface area contributed by atoms with Crippen LogP contribution in [0.4, 0.5) is 0 Å². The first-order chi connectivity index (χ1) is 13.1. The smallest absolute Gasteiger partial charge is 0.243 e. The summed E-state index contributed by atoms with van der Waals surface area (Å²) < 4.78 is 33.4. The lowest BCUT2D eigenvalue weighted by molar-refractivity contribution is -0.906. The fourth-order valence-corrected chi connectivity index (χ4v) is 6.31. The van der Waals surface area contributed by atoms with Crippen LogP contribution >= 0.6 is 0 Å². The van der Waals surface area contributed by atoms with Crippen LogP contribution in [0.2, 0.25) is 0 Å². The fourth-order valence-electron chi connectivity index (χ4n) is 4.87. The van der Waals surface area contributed by atoms with Crippen molar-refractivity contribution in [2.24, 2.45) is 0 Å². The highest BCUT2D eigenvalue weighted by Gasteiger charge is 2.32. The van der Waals surface area contributed by atoms with Crippen LogP contribution < -0.4 is 4.90 Å². The molecule has 1 atom stereocenters. The molecule has 6 heteroatoms. The van der Waals surface area contributed by atoms with E-state index < -0.39 is 10.0 Å². The number of rotatable bonds is 5. The summed E-state index contributed by atoms with van der Waals surface area (Å²) in [6.07, 6.45) is 9.09. The Balaban J connectivity index is 1.35. The van der Waals surface area contributed by atoms with Gasteiger partial charge >= 0.3 is 0 Å². The van der Waals surface area contributed by atoms with E-state index in [4.69, 9.17) is 4.74 Å². The molecule has 150 valence electrons. The third-order valence-electron chi connectivity index (χ3n) is 6.56. The Hall–Kier alpha value is -0.950. The number of piperazine rings is 1. The minimum Gasteiger partial charge on any atom is -0.372 e. The second kappa shape index (κ2) is 8.60. The summed E-state index contributed by atoms with van der Waals surface area (Å²) >= 11 is 0. The standard InChI is InChI=1S/C21H32N2O3S/c24-27(25,21-10-8-19(9-11-21)18-5-2-1-3-6-18)23-14-12-22(13-15-23)17-20-7-4-16-26-20/h8-11,18,20H,1-7,12-17H2/p+1/t20-/m1/s1. The fraction of sp³-hybridized carbons (Fsp3) is 0.714. The Morgan fingerprint density at radius 1 is 0.963 bits per heavy atom. The van der Waals surface area contributed by atoms with E-state index in [-0.39, 0.29) is 0 Å². The molecule has 2 saturated heterocycles. The van der Waals surface area contributed by atoms with Crippen molar-refractivity contribution in [2.45, 2.75) is 61.9 Å². The highest BCUT2D eigenvalue weighted by atomic mass is 32.2. The molecule has 3 fully saturated rings. The molecule has 4 rings (SSSR count). The zero-order valence-corrected chi connectivity index (χ0v) is 17.1. The Kier molecular flexibility index (Phi) is 6.17. The lowest BCUT2D eigenvalue weighted by Gasteiger charge is -2.32. The Bertz CT molecular complexity index is 699. The van der Waals surface area contributed by atoms with Gasteiger partial charge in [0.2, 0.25) is 10.0 Å². The highest BCUT2D eigenvalue weighted by Crippen LogP contribution is 2.33. The molecule has 1 saturated carbocycles. The molecule has 1 N–H and O–H groups in total. The van der Waals surface area contributed by atoms with E-state index in [0.29, 0.717) is 30.0 Å². The molecule has 3 aliphatic rings. The predicted octanol–water partition coefficient (Wildman–Crippen LogP) is 1.80. The van der Waals surface area contributed by atoms with Crippen molar-refractivity contribution in [1.82, 2.24) is 4.31 Å². The molecule has 0 aromatic heterocycles. The van der Waals surface area contributed by atoms with E-state index in [2.05, 4.69) is 0 Å². The zero-order chi connectivity index (χ0) is 18.7. The van der Waals surface area contributed by atoms with Crippen LogP contribution in [0, 0.1) is 0 Å². The average molecular weight is 394 g/mol. The van der Waals surface area contributed by atoms with Gasteiger partial charge in [-0.3, -0.25) is 0 Å². The topological polar surface area (TPSA) is 51.0 Å². The maximum absolute atomic E-state index is 13.0. The first kappa shape index (κ1) is 19.4. The van der Waals surface area contributed by atoms with Gasteiger partial charge < -0.3 is 9.64 Å². The molecule has 2 heterocycles. The van der Waals surface area contributed by atoms with Gasteiger partial charge in [0.05, 0.1) is 31.1 Å². The second-order valence-corrected chi connectivity index (χ2v) is 10.3. The summed E-state index contributed by atoms with van der Waals surface area (Å²) in [6.45, 7) is 4.86. The van der Waals surface area contributed by atoms with Crippen molar-refractivity contribution in [1.29, 1.82) is 0 Å². The molecule has 0 unspecified atom stereocenters. The van der Waals surface area contributed by atoms with Gasteiger partial charge in [-0.25, -0.2) is 8.42 Å². The van der Waals surface area contributed by atoms with Crippen LogP contribution in [-0.4, -0.2) is 58.2 Å². The molecule has 1 aromatic rings. The van der Waals surface area contributed by atoms with Crippen LogP contribution in [-0.2, 0) is 14.8 Å². The number of ether oxygens (including phenoxy) is 1. The number of sulfonamides is 1. The van der Waals surface area contributed by atoms with Crippen molar-refractivity contribution >= 4 is 10.0 Å². The van der Waals surface area contributed by atoms with Crippen LogP contribution in [0.1, 0.15) is 56.4 Å². The van der Waals surface area contributed by atoms with Gasteiger partial charge in [0.25, 0.3) is 0 Å². The third-order valence-corrected chi connectivity index (χ3v) is 8.48. The maximum Gasteiger partial charge on any atom is 0.243 e. The number of nitrogens with zero attached hydrogens (tertiary/aromatic N) is 1. The number of hydrogen-bond donors (Lipinski definition) is 1. The van der Waals surface area contributed by atoms with E-state index >= 15 is 0 Å². The van der Waals surface area contributed by atoms with Crippen molar-refractivity contribution in [3.05, 3.63) is 29.8 Å². The second-order valence-electron chi connectivity index (χ2n) is 8.40. The van der Waals surface area contributed by atoms with Gasteiger partial charge in [-0.1, -0.05) is 31.4 Å². The van der Waals surface area contributed by atoms with E-state index in [9.17, 15) is 8.42 Å². The predicted molar refractivity (Wildman–Crippen MR) is 106 cm³/mol. The van der Waals surface area contributed by atoms with Crippen LogP contribution in [0.5, 0.6) is 0 Å². The van der Waals surface area contributed by atoms with Gasteiger partial charge in [-0.2, -0.15) is 4.31 Å². The van der Waals surface area contributed by atoms with Crippen LogP contribution in [0.3, 0.4) is 0 Å². The molecule has 1 aliphatic carbocycles. The van der Waals surface area contributed by atoms with Crippen molar-refractivity contribution in [3.8, 4) is 0 Å². The van der Waals surface area contributed by atoms with E-state index in [1.54, 1.807) is 4.31 Å². The Labute approximate surface area is 163 Å². The van der Waals surface area contributed by atoms with E-state index in [1.807, 2.05) is 24.3 Å². The summed E-state index contributed by atoms with van der Waals surface area (Å²) in [6, 6.07) is 7.74. The van der Waals surface area contributed by atoms with Crippen LogP contribution in [0.25, 0.3) is 0 Å². The molecule has 1 aromatic carbocycles. The molecule has 5 nitrogen and oxygen atoms in total. The Morgan fingerprint density at radius 2 is 1.67 bits per heavy atom.